The molecule has 2 aromatic rings. The molecule has 1 heterocycles. The summed E-state index contributed by atoms with van der Waals surface area (Å²) in [6.45, 7) is 4.97. The van der Waals surface area contributed by atoms with Crippen LogP contribution in [0.1, 0.15) is 17.8 Å². The minimum atomic E-state index is -0.272. The summed E-state index contributed by atoms with van der Waals surface area (Å²) in [5, 5.41) is 8.21. The summed E-state index contributed by atoms with van der Waals surface area (Å²) in [5.74, 6) is 0.236. The van der Waals surface area contributed by atoms with Gasteiger partial charge in [-0.2, -0.15) is 5.10 Å². The van der Waals surface area contributed by atoms with Gasteiger partial charge in [-0.25, -0.2) is 9.37 Å². The van der Waals surface area contributed by atoms with Gasteiger partial charge in [-0.05, 0) is 51.1 Å². The fourth-order valence-electron chi connectivity index (χ4n) is 1.77. The Bertz CT molecular complexity index is 570. The van der Waals surface area contributed by atoms with Gasteiger partial charge in [-0.3, -0.25) is 0 Å². The molecule has 5 nitrogen and oxygen atoms in total. The maximum Gasteiger partial charge on any atom is 0.250 e. The lowest BCUT2D eigenvalue weighted by Crippen LogP contribution is -2.24. The minimum Gasteiger partial charge on any atom is -0.330 e. The third-order valence-electron chi connectivity index (χ3n) is 3.05. The van der Waals surface area contributed by atoms with Crippen LogP contribution >= 0.6 is 0 Å². The lowest BCUT2D eigenvalue weighted by atomic mass is 10.2. The smallest absolute Gasteiger partial charge is 0.250 e. The number of aryl methyl sites for hydroxylation is 2. The molecule has 0 atom stereocenters. The van der Waals surface area contributed by atoms with Crippen molar-refractivity contribution >= 4 is 11.6 Å². The van der Waals surface area contributed by atoms with Gasteiger partial charge < -0.3 is 10.6 Å². The van der Waals surface area contributed by atoms with Gasteiger partial charge in [-0.1, -0.05) is 0 Å². The number of nitrogens with zero attached hydrogens (tertiary/aromatic N) is 4. The van der Waals surface area contributed by atoms with E-state index in [-0.39, 0.29) is 5.82 Å². The van der Waals surface area contributed by atoms with Crippen LogP contribution in [0.5, 0.6) is 0 Å². The van der Waals surface area contributed by atoms with Crippen molar-refractivity contribution < 1.29 is 4.39 Å². The van der Waals surface area contributed by atoms with Crippen LogP contribution in [0.2, 0.25) is 0 Å². The van der Waals surface area contributed by atoms with E-state index in [9.17, 15) is 4.39 Å². The molecule has 0 saturated carbocycles. The number of halogens is 1. The van der Waals surface area contributed by atoms with Gasteiger partial charge >= 0.3 is 0 Å². The number of rotatable bonds is 5. The van der Waals surface area contributed by atoms with Crippen molar-refractivity contribution in [3.05, 3.63) is 41.5 Å². The maximum absolute atomic E-state index is 13.0. The molecule has 0 bridgehead atoms. The Kier molecular flexibility index (Phi) is 4.57. The third-order valence-corrected chi connectivity index (χ3v) is 3.05. The maximum atomic E-state index is 13.0. The highest BCUT2D eigenvalue weighted by atomic mass is 19.1. The van der Waals surface area contributed by atoms with E-state index in [1.54, 1.807) is 12.1 Å². The molecule has 0 unspecified atom stereocenters. The number of aromatic nitrogens is 3. The van der Waals surface area contributed by atoms with Gasteiger partial charge in [-0.15, -0.1) is 5.10 Å². The van der Waals surface area contributed by atoms with Crippen LogP contribution in [0.4, 0.5) is 16.0 Å². The summed E-state index contributed by atoms with van der Waals surface area (Å²) < 4.78 is 13.0. The van der Waals surface area contributed by atoms with Crippen LogP contribution in [0.15, 0.2) is 24.3 Å². The van der Waals surface area contributed by atoms with Crippen molar-refractivity contribution in [2.45, 2.75) is 20.3 Å². The summed E-state index contributed by atoms with van der Waals surface area (Å²) >= 11 is 0. The van der Waals surface area contributed by atoms with Crippen molar-refractivity contribution in [1.29, 1.82) is 0 Å². The molecule has 0 aliphatic carbocycles. The molecule has 1 aromatic heterocycles. The van der Waals surface area contributed by atoms with Crippen molar-refractivity contribution in [3.8, 4) is 0 Å². The van der Waals surface area contributed by atoms with Gasteiger partial charge in [0.1, 0.15) is 5.82 Å². The SMILES string of the molecule is Cc1nnc(N(CCCN)c2ccc(F)cc2)nc1C. The van der Waals surface area contributed by atoms with Gasteiger partial charge in [0.2, 0.25) is 5.95 Å². The van der Waals surface area contributed by atoms with Gasteiger partial charge in [0.25, 0.3) is 0 Å². The molecule has 1 aromatic carbocycles. The molecule has 6 heteroatoms. The molecule has 2 N–H and O–H groups in total. The van der Waals surface area contributed by atoms with Gasteiger partial charge in [0.05, 0.1) is 11.4 Å². The predicted octanol–water partition coefficient (Wildman–Crippen LogP) is 2.11. The molecule has 0 saturated heterocycles. The van der Waals surface area contributed by atoms with Crippen LogP contribution in [-0.4, -0.2) is 28.3 Å². The second-order valence-corrected chi connectivity index (χ2v) is 4.55. The largest absolute Gasteiger partial charge is 0.330 e. The summed E-state index contributed by atoms with van der Waals surface area (Å²) in [5.41, 5.74) is 8.02. The summed E-state index contributed by atoms with van der Waals surface area (Å²) in [6.07, 6.45) is 0.785. The standard InChI is InChI=1S/C14H18FN5/c1-10-11(2)18-19-14(17-10)20(9-3-8-16)13-6-4-12(15)5-7-13/h4-7H,3,8-9,16H2,1-2H3. The summed E-state index contributed by atoms with van der Waals surface area (Å²) in [4.78, 5) is 6.34. The average Bonchev–Trinajstić information content (AvgIpc) is 2.45. The predicted molar refractivity (Wildman–Crippen MR) is 76.4 cm³/mol. The Hall–Kier alpha value is -2.08. The molecule has 0 amide bonds. The van der Waals surface area contributed by atoms with E-state index < -0.39 is 0 Å². The minimum absolute atomic E-state index is 0.272. The van der Waals surface area contributed by atoms with E-state index in [1.165, 1.54) is 12.1 Å². The van der Waals surface area contributed by atoms with Crippen LogP contribution in [0.3, 0.4) is 0 Å². The highest BCUT2D eigenvalue weighted by Crippen LogP contribution is 2.22. The molecule has 0 fully saturated rings. The Labute approximate surface area is 117 Å². The quantitative estimate of drug-likeness (QED) is 0.905. The summed E-state index contributed by atoms with van der Waals surface area (Å²) in [6, 6.07) is 6.23. The normalized spacial score (nSPS) is 10.6. The van der Waals surface area contributed by atoms with E-state index in [0.29, 0.717) is 19.0 Å². The van der Waals surface area contributed by atoms with E-state index in [4.69, 9.17) is 5.73 Å². The van der Waals surface area contributed by atoms with Crippen molar-refractivity contribution in [2.75, 3.05) is 18.0 Å². The highest BCUT2D eigenvalue weighted by Gasteiger charge is 2.13. The molecule has 0 spiro atoms. The van der Waals surface area contributed by atoms with Crippen molar-refractivity contribution in [1.82, 2.24) is 15.2 Å². The highest BCUT2D eigenvalue weighted by molar-refractivity contribution is 5.56. The monoisotopic (exact) mass is 275 g/mol. The fraction of sp³-hybridized carbons (Fsp3) is 0.357. The van der Waals surface area contributed by atoms with E-state index in [2.05, 4.69) is 15.2 Å². The molecule has 0 radical (unpaired) electrons. The van der Waals surface area contributed by atoms with Gasteiger partial charge in [0, 0.05) is 12.2 Å². The molecular weight excluding hydrogens is 257 g/mol. The summed E-state index contributed by atoms with van der Waals surface area (Å²) in [7, 11) is 0. The number of nitrogens with two attached hydrogens (primary N) is 1. The first-order chi connectivity index (χ1) is 9.61. The zero-order chi connectivity index (χ0) is 14.5. The number of benzene rings is 1. The first kappa shape index (κ1) is 14.3. The molecule has 20 heavy (non-hydrogen) atoms. The number of hydrogen-bond acceptors (Lipinski definition) is 5. The Morgan fingerprint density at radius 2 is 1.80 bits per heavy atom. The molecular formula is C14H18FN5. The topological polar surface area (TPSA) is 67.9 Å². The van der Waals surface area contributed by atoms with E-state index in [1.807, 2.05) is 18.7 Å². The fourth-order valence-corrected chi connectivity index (χ4v) is 1.77. The van der Waals surface area contributed by atoms with Crippen molar-refractivity contribution in [3.63, 3.8) is 0 Å². The average molecular weight is 275 g/mol. The first-order valence-corrected chi connectivity index (χ1v) is 6.53. The Balaban J connectivity index is 2.35. The van der Waals surface area contributed by atoms with Gasteiger partial charge in [0.15, 0.2) is 0 Å². The van der Waals surface area contributed by atoms with Crippen LogP contribution < -0.4 is 10.6 Å². The number of hydrogen-bond donors (Lipinski definition) is 1. The molecule has 106 valence electrons. The lowest BCUT2D eigenvalue weighted by Gasteiger charge is -2.22. The van der Waals surface area contributed by atoms with Crippen molar-refractivity contribution in [2.24, 2.45) is 5.73 Å². The van der Waals surface area contributed by atoms with E-state index >= 15 is 0 Å². The third kappa shape index (κ3) is 3.27. The van der Waals surface area contributed by atoms with Crippen LogP contribution in [0.25, 0.3) is 0 Å². The molecule has 0 aliphatic rings. The molecule has 2 rings (SSSR count). The van der Waals surface area contributed by atoms with E-state index in [0.717, 1.165) is 23.5 Å². The first-order valence-electron chi connectivity index (χ1n) is 6.53. The Morgan fingerprint density at radius 1 is 1.10 bits per heavy atom. The number of anilines is 2. The van der Waals surface area contributed by atoms with Crippen LogP contribution in [0, 0.1) is 19.7 Å². The second kappa shape index (κ2) is 6.38. The Morgan fingerprint density at radius 3 is 2.40 bits per heavy atom. The zero-order valence-corrected chi connectivity index (χ0v) is 11.7. The lowest BCUT2D eigenvalue weighted by molar-refractivity contribution is 0.627. The zero-order valence-electron chi connectivity index (χ0n) is 11.7. The second-order valence-electron chi connectivity index (χ2n) is 4.55. The van der Waals surface area contributed by atoms with Crippen LogP contribution in [-0.2, 0) is 0 Å². The molecule has 0 aliphatic heterocycles.